The molecule has 0 unspecified atom stereocenters. The van der Waals surface area contributed by atoms with Crippen molar-refractivity contribution in [2.24, 2.45) is 18.0 Å². The number of rotatable bonds is 6. The molecule has 0 aromatic carbocycles. The standard InChI is InChI=1S/C14H24Cl2N4/c1-5-17-14(18-7-6-10(2)3)19-9-11-8-12(15)13(16)20(11)4/h8,10H,5-7,9H2,1-4H3,(H2,17,18,19). The van der Waals surface area contributed by atoms with Crippen molar-refractivity contribution in [2.45, 2.75) is 33.7 Å². The van der Waals surface area contributed by atoms with E-state index in [-0.39, 0.29) is 0 Å². The van der Waals surface area contributed by atoms with Crippen LogP contribution in [0.4, 0.5) is 0 Å². The van der Waals surface area contributed by atoms with Crippen LogP contribution >= 0.6 is 23.2 Å². The predicted molar refractivity (Wildman–Crippen MR) is 87.7 cm³/mol. The first-order chi connectivity index (χ1) is 9.45. The lowest BCUT2D eigenvalue weighted by molar-refractivity contribution is 0.573. The number of halogens is 2. The largest absolute Gasteiger partial charge is 0.357 e. The van der Waals surface area contributed by atoms with Crippen LogP contribution in [0.2, 0.25) is 10.2 Å². The van der Waals surface area contributed by atoms with Crippen LogP contribution in [0.5, 0.6) is 0 Å². The van der Waals surface area contributed by atoms with E-state index < -0.39 is 0 Å². The Hall–Kier alpha value is -0.870. The molecule has 0 aliphatic carbocycles. The Morgan fingerprint density at radius 1 is 1.35 bits per heavy atom. The molecule has 0 aliphatic rings. The van der Waals surface area contributed by atoms with Gasteiger partial charge in [0.05, 0.1) is 11.6 Å². The van der Waals surface area contributed by atoms with Crippen molar-refractivity contribution in [1.82, 2.24) is 15.2 Å². The maximum atomic E-state index is 6.04. The molecule has 4 nitrogen and oxygen atoms in total. The fourth-order valence-electron chi connectivity index (χ4n) is 1.72. The molecule has 2 N–H and O–H groups in total. The average Bonchev–Trinajstić information content (AvgIpc) is 2.63. The lowest BCUT2D eigenvalue weighted by Gasteiger charge is -2.12. The van der Waals surface area contributed by atoms with Crippen molar-refractivity contribution < 1.29 is 0 Å². The first kappa shape index (κ1) is 17.2. The molecule has 0 radical (unpaired) electrons. The Balaban J connectivity index is 2.63. The number of hydrogen-bond acceptors (Lipinski definition) is 1. The lowest BCUT2D eigenvalue weighted by Crippen LogP contribution is -2.38. The van der Waals surface area contributed by atoms with Crippen molar-refractivity contribution in [3.05, 3.63) is 21.9 Å². The van der Waals surface area contributed by atoms with Crippen molar-refractivity contribution in [3.8, 4) is 0 Å². The van der Waals surface area contributed by atoms with Gasteiger partial charge in [-0.2, -0.15) is 0 Å². The predicted octanol–water partition coefficient (Wildman–Crippen LogP) is 3.43. The Bertz CT molecular complexity index is 452. The Morgan fingerprint density at radius 3 is 2.55 bits per heavy atom. The fourth-order valence-corrected chi connectivity index (χ4v) is 2.14. The second-order valence-corrected chi connectivity index (χ2v) is 5.90. The van der Waals surface area contributed by atoms with Gasteiger partial charge in [0.25, 0.3) is 0 Å². The monoisotopic (exact) mass is 318 g/mol. The smallest absolute Gasteiger partial charge is 0.191 e. The van der Waals surface area contributed by atoms with Crippen molar-refractivity contribution >= 4 is 29.2 Å². The second-order valence-electron chi connectivity index (χ2n) is 5.14. The van der Waals surface area contributed by atoms with E-state index in [1.54, 1.807) is 0 Å². The highest BCUT2D eigenvalue weighted by Gasteiger charge is 2.08. The highest BCUT2D eigenvalue weighted by molar-refractivity contribution is 6.41. The van der Waals surface area contributed by atoms with E-state index in [1.165, 1.54) is 0 Å². The zero-order valence-electron chi connectivity index (χ0n) is 12.6. The summed E-state index contributed by atoms with van der Waals surface area (Å²) in [5.74, 6) is 1.50. The SMILES string of the molecule is CCNC(=NCc1cc(Cl)c(Cl)n1C)NCCC(C)C. The summed E-state index contributed by atoms with van der Waals surface area (Å²) in [6.07, 6.45) is 1.12. The van der Waals surface area contributed by atoms with E-state index >= 15 is 0 Å². The summed E-state index contributed by atoms with van der Waals surface area (Å²) in [6, 6.07) is 1.85. The molecular formula is C14H24Cl2N4. The molecule has 1 aromatic rings. The summed E-state index contributed by atoms with van der Waals surface area (Å²) in [6.45, 7) is 8.76. The van der Waals surface area contributed by atoms with Crippen LogP contribution in [-0.4, -0.2) is 23.6 Å². The molecule has 0 fully saturated rings. The van der Waals surface area contributed by atoms with E-state index in [1.807, 2.05) is 17.7 Å². The minimum Gasteiger partial charge on any atom is -0.357 e. The second kappa shape index (κ2) is 8.42. The van der Waals surface area contributed by atoms with Gasteiger partial charge >= 0.3 is 0 Å². The first-order valence-electron chi connectivity index (χ1n) is 6.97. The zero-order valence-corrected chi connectivity index (χ0v) is 14.1. The van der Waals surface area contributed by atoms with E-state index in [2.05, 4.69) is 36.4 Å². The lowest BCUT2D eigenvalue weighted by atomic mass is 10.1. The molecule has 0 aliphatic heterocycles. The summed E-state index contributed by atoms with van der Waals surface area (Å²) in [7, 11) is 1.89. The molecular weight excluding hydrogens is 295 g/mol. The normalized spacial score (nSPS) is 12.1. The number of guanidine groups is 1. The van der Waals surface area contributed by atoms with Crippen LogP contribution in [0.15, 0.2) is 11.1 Å². The molecule has 6 heteroatoms. The van der Waals surface area contributed by atoms with Crippen molar-refractivity contribution in [3.63, 3.8) is 0 Å². The van der Waals surface area contributed by atoms with E-state index in [0.717, 1.165) is 31.2 Å². The van der Waals surface area contributed by atoms with Gasteiger partial charge < -0.3 is 15.2 Å². The number of nitrogens with one attached hydrogen (secondary N) is 2. The van der Waals surface area contributed by atoms with Crippen molar-refractivity contribution in [1.29, 1.82) is 0 Å². The number of aromatic nitrogens is 1. The number of nitrogens with zero attached hydrogens (tertiary/aromatic N) is 2. The number of aliphatic imine (C=N–C) groups is 1. The highest BCUT2D eigenvalue weighted by atomic mass is 35.5. The van der Waals surface area contributed by atoms with Crippen LogP contribution < -0.4 is 10.6 Å². The minimum absolute atomic E-state index is 0.542. The quantitative estimate of drug-likeness (QED) is 0.623. The Kier molecular flexibility index (Phi) is 7.24. The van der Waals surface area contributed by atoms with Gasteiger partial charge in [0, 0.05) is 25.8 Å². The Labute approximate surface area is 131 Å². The number of hydrogen-bond donors (Lipinski definition) is 2. The highest BCUT2D eigenvalue weighted by Crippen LogP contribution is 2.25. The van der Waals surface area contributed by atoms with Crippen LogP contribution in [0.3, 0.4) is 0 Å². The molecule has 0 saturated heterocycles. The van der Waals surface area contributed by atoms with Gasteiger partial charge in [-0.15, -0.1) is 0 Å². The molecule has 1 rings (SSSR count). The van der Waals surface area contributed by atoms with Gasteiger partial charge in [0.15, 0.2) is 5.96 Å². The van der Waals surface area contributed by atoms with E-state index in [9.17, 15) is 0 Å². The topological polar surface area (TPSA) is 41.4 Å². The summed E-state index contributed by atoms with van der Waals surface area (Å²) in [5.41, 5.74) is 0.987. The molecule has 0 saturated carbocycles. The van der Waals surface area contributed by atoms with Gasteiger partial charge in [0.2, 0.25) is 0 Å². The summed E-state index contributed by atoms with van der Waals surface area (Å²) < 4.78 is 1.85. The zero-order chi connectivity index (χ0) is 15.1. The molecule has 20 heavy (non-hydrogen) atoms. The molecule has 0 bridgehead atoms. The third-order valence-corrected chi connectivity index (χ3v) is 3.82. The molecule has 0 spiro atoms. The molecule has 1 heterocycles. The average molecular weight is 319 g/mol. The van der Waals surface area contributed by atoms with Gasteiger partial charge in [-0.05, 0) is 25.3 Å². The first-order valence-corrected chi connectivity index (χ1v) is 7.73. The molecule has 0 atom stereocenters. The molecule has 0 amide bonds. The van der Waals surface area contributed by atoms with Crippen LogP contribution in [0.25, 0.3) is 0 Å². The van der Waals surface area contributed by atoms with Gasteiger partial charge in [-0.25, -0.2) is 4.99 Å². The van der Waals surface area contributed by atoms with Crippen molar-refractivity contribution in [2.75, 3.05) is 13.1 Å². The van der Waals surface area contributed by atoms with E-state index in [0.29, 0.717) is 22.6 Å². The summed E-state index contributed by atoms with van der Waals surface area (Å²) >= 11 is 12.0. The fraction of sp³-hybridized carbons (Fsp3) is 0.643. The van der Waals surface area contributed by atoms with Crippen LogP contribution in [0, 0.1) is 5.92 Å². The summed E-state index contributed by atoms with van der Waals surface area (Å²) in [4.78, 5) is 4.55. The van der Waals surface area contributed by atoms with Gasteiger partial charge in [-0.3, -0.25) is 0 Å². The Morgan fingerprint density at radius 2 is 2.05 bits per heavy atom. The van der Waals surface area contributed by atoms with Crippen LogP contribution in [-0.2, 0) is 13.6 Å². The van der Waals surface area contributed by atoms with Gasteiger partial charge in [0.1, 0.15) is 5.15 Å². The minimum atomic E-state index is 0.542. The van der Waals surface area contributed by atoms with Crippen LogP contribution in [0.1, 0.15) is 32.9 Å². The van der Waals surface area contributed by atoms with E-state index in [4.69, 9.17) is 23.2 Å². The molecule has 114 valence electrons. The molecule has 1 aromatic heterocycles. The van der Waals surface area contributed by atoms with Gasteiger partial charge in [-0.1, -0.05) is 37.0 Å². The maximum absolute atomic E-state index is 6.04. The summed E-state index contributed by atoms with van der Waals surface area (Å²) in [5, 5.41) is 7.68. The third kappa shape index (κ3) is 5.25. The maximum Gasteiger partial charge on any atom is 0.191 e. The third-order valence-electron chi connectivity index (χ3n) is 2.97.